The Labute approximate surface area is 126 Å². The van der Waals surface area contributed by atoms with Gasteiger partial charge in [0.25, 0.3) is 0 Å². The molecule has 0 heterocycles. The maximum Gasteiger partial charge on any atom is 0.243 e. The fraction of sp³-hybridized carbons (Fsp3) is 0.786. The molecule has 0 aliphatic rings. The molecule has 6 N–H and O–H groups in total. The maximum absolute atomic E-state index is 11.8. The molecule has 0 radical (unpaired) electrons. The summed E-state index contributed by atoms with van der Waals surface area (Å²) in [6.45, 7) is 2.71. The zero-order valence-electron chi connectivity index (χ0n) is 12.8. The zero-order valence-corrected chi connectivity index (χ0v) is 12.8. The number of carbonyl (C=O) groups is 3. The molecule has 122 valence electrons. The zero-order chi connectivity index (χ0) is 16.1. The van der Waals surface area contributed by atoms with E-state index >= 15 is 0 Å². The summed E-state index contributed by atoms with van der Waals surface area (Å²) in [6, 6.07) is -0.919. The van der Waals surface area contributed by atoms with Crippen LogP contribution < -0.4 is 22.1 Å². The monoisotopic (exact) mass is 300 g/mol. The van der Waals surface area contributed by atoms with Crippen molar-refractivity contribution in [2.45, 2.75) is 57.9 Å². The van der Waals surface area contributed by atoms with Gasteiger partial charge in [-0.15, -0.1) is 0 Å². The van der Waals surface area contributed by atoms with Crippen LogP contribution in [0.2, 0.25) is 0 Å². The van der Waals surface area contributed by atoms with Crippen molar-refractivity contribution < 1.29 is 14.4 Å². The summed E-state index contributed by atoms with van der Waals surface area (Å²) in [5.74, 6) is -1.30. The van der Waals surface area contributed by atoms with Gasteiger partial charge in [0.05, 0.1) is 6.42 Å². The molecule has 0 aliphatic heterocycles. The van der Waals surface area contributed by atoms with Crippen LogP contribution in [0.3, 0.4) is 0 Å². The minimum atomic E-state index is -0.919. The summed E-state index contributed by atoms with van der Waals surface area (Å²) in [6.07, 6.45) is 5.31. The quantitative estimate of drug-likeness (QED) is 0.372. The third-order valence-corrected chi connectivity index (χ3v) is 3.01. The largest absolute Gasteiger partial charge is 0.370 e. The van der Waals surface area contributed by atoms with Gasteiger partial charge in [-0.25, -0.2) is 0 Å². The lowest BCUT2D eigenvalue weighted by Crippen LogP contribution is -2.49. The SMILES string of the molecule is CCCCCCCC(=O)NC(CC(N)=O)C(=O)NCCN. The van der Waals surface area contributed by atoms with Gasteiger partial charge in [0, 0.05) is 19.5 Å². The first-order valence-corrected chi connectivity index (χ1v) is 7.56. The van der Waals surface area contributed by atoms with Crippen molar-refractivity contribution >= 4 is 17.7 Å². The van der Waals surface area contributed by atoms with Crippen LogP contribution in [0.15, 0.2) is 0 Å². The molecular formula is C14H28N4O3. The summed E-state index contributed by atoms with van der Waals surface area (Å²) in [4.78, 5) is 34.5. The standard InChI is InChI=1S/C14H28N4O3/c1-2-3-4-5-6-7-13(20)18-11(10-12(16)19)14(21)17-9-8-15/h11H,2-10,15H2,1H3,(H2,16,19)(H,17,21)(H,18,20). The molecule has 0 saturated heterocycles. The van der Waals surface area contributed by atoms with E-state index < -0.39 is 17.9 Å². The van der Waals surface area contributed by atoms with E-state index in [-0.39, 0.29) is 12.3 Å². The van der Waals surface area contributed by atoms with E-state index in [0.717, 1.165) is 32.1 Å². The molecule has 0 aromatic rings. The minimum absolute atomic E-state index is 0.210. The lowest BCUT2D eigenvalue weighted by atomic mass is 10.1. The van der Waals surface area contributed by atoms with Gasteiger partial charge in [0.1, 0.15) is 6.04 Å². The molecule has 1 unspecified atom stereocenters. The molecule has 3 amide bonds. The number of hydrogen-bond acceptors (Lipinski definition) is 4. The van der Waals surface area contributed by atoms with Crippen molar-refractivity contribution in [1.82, 2.24) is 10.6 Å². The Morgan fingerprint density at radius 1 is 1.10 bits per heavy atom. The summed E-state index contributed by atoms with van der Waals surface area (Å²) in [5, 5.41) is 5.10. The number of nitrogens with one attached hydrogen (secondary N) is 2. The Kier molecular flexibility index (Phi) is 11.2. The Bertz CT molecular complexity index is 334. The lowest BCUT2D eigenvalue weighted by Gasteiger charge is -2.17. The van der Waals surface area contributed by atoms with E-state index in [9.17, 15) is 14.4 Å². The number of amides is 3. The number of nitrogens with two attached hydrogens (primary N) is 2. The van der Waals surface area contributed by atoms with Crippen molar-refractivity contribution in [1.29, 1.82) is 0 Å². The third-order valence-electron chi connectivity index (χ3n) is 3.01. The van der Waals surface area contributed by atoms with Crippen LogP contribution in [0, 0.1) is 0 Å². The highest BCUT2D eigenvalue weighted by Crippen LogP contribution is 2.05. The highest BCUT2D eigenvalue weighted by Gasteiger charge is 2.22. The Morgan fingerprint density at radius 2 is 1.76 bits per heavy atom. The number of unbranched alkanes of at least 4 members (excludes halogenated alkanes) is 4. The first-order valence-electron chi connectivity index (χ1n) is 7.56. The van der Waals surface area contributed by atoms with Gasteiger partial charge in [0.2, 0.25) is 17.7 Å². The average molecular weight is 300 g/mol. The highest BCUT2D eigenvalue weighted by molar-refractivity contribution is 5.91. The number of primary amides is 1. The molecule has 0 spiro atoms. The van der Waals surface area contributed by atoms with Crippen LogP contribution in [-0.2, 0) is 14.4 Å². The molecule has 0 aromatic carbocycles. The second kappa shape index (κ2) is 12.1. The highest BCUT2D eigenvalue weighted by atomic mass is 16.2. The number of hydrogen-bond donors (Lipinski definition) is 4. The fourth-order valence-corrected chi connectivity index (χ4v) is 1.88. The predicted octanol–water partition coefficient (Wildman–Crippen LogP) is -0.218. The molecule has 7 nitrogen and oxygen atoms in total. The molecular weight excluding hydrogens is 272 g/mol. The van der Waals surface area contributed by atoms with Gasteiger partial charge in [0.15, 0.2) is 0 Å². The van der Waals surface area contributed by atoms with E-state index in [2.05, 4.69) is 17.6 Å². The van der Waals surface area contributed by atoms with Crippen LogP contribution >= 0.6 is 0 Å². The fourth-order valence-electron chi connectivity index (χ4n) is 1.88. The average Bonchev–Trinajstić information content (AvgIpc) is 2.43. The van der Waals surface area contributed by atoms with Gasteiger partial charge < -0.3 is 22.1 Å². The van der Waals surface area contributed by atoms with E-state index in [4.69, 9.17) is 11.5 Å². The third kappa shape index (κ3) is 10.8. The van der Waals surface area contributed by atoms with Crippen molar-refractivity contribution in [3.05, 3.63) is 0 Å². The Hall–Kier alpha value is -1.63. The number of rotatable bonds is 12. The molecule has 0 fully saturated rings. The van der Waals surface area contributed by atoms with Crippen molar-refractivity contribution in [2.24, 2.45) is 11.5 Å². The Morgan fingerprint density at radius 3 is 2.33 bits per heavy atom. The van der Waals surface area contributed by atoms with Gasteiger partial charge in [-0.05, 0) is 6.42 Å². The second-order valence-electron chi connectivity index (χ2n) is 5.03. The summed E-state index contributed by atoms with van der Waals surface area (Å²) in [7, 11) is 0. The summed E-state index contributed by atoms with van der Waals surface area (Å²) >= 11 is 0. The summed E-state index contributed by atoms with van der Waals surface area (Å²) < 4.78 is 0. The topological polar surface area (TPSA) is 127 Å². The van der Waals surface area contributed by atoms with Crippen LogP contribution in [0.4, 0.5) is 0 Å². The second-order valence-corrected chi connectivity index (χ2v) is 5.03. The van der Waals surface area contributed by atoms with Crippen molar-refractivity contribution in [2.75, 3.05) is 13.1 Å². The smallest absolute Gasteiger partial charge is 0.243 e. The molecule has 1 atom stereocenters. The molecule has 21 heavy (non-hydrogen) atoms. The van der Waals surface area contributed by atoms with Gasteiger partial charge >= 0.3 is 0 Å². The van der Waals surface area contributed by atoms with Gasteiger partial charge in [-0.1, -0.05) is 32.6 Å². The normalized spacial score (nSPS) is 11.7. The maximum atomic E-state index is 11.8. The van der Waals surface area contributed by atoms with Crippen molar-refractivity contribution in [3.63, 3.8) is 0 Å². The van der Waals surface area contributed by atoms with Gasteiger partial charge in [-0.3, -0.25) is 14.4 Å². The Balaban J connectivity index is 4.16. The van der Waals surface area contributed by atoms with Gasteiger partial charge in [-0.2, -0.15) is 0 Å². The van der Waals surface area contributed by atoms with Crippen LogP contribution in [0.5, 0.6) is 0 Å². The molecule has 0 rings (SSSR count). The molecule has 0 aliphatic carbocycles. The molecule has 0 aromatic heterocycles. The molecule has 0 saturated carbocycles. The molecule has 7 heteroatoms. The molecule has 0 bridgehead atoms. The minimum Gasteiger partial charge on any atom is -0.370 e. The first-order chi connectivity index (χ1) is 10.0. The van der Waals surface area contributed by atoms with E-state index in [1.54, 1.807) is 0 Å². The summed E-state index contributed by atoms with van der Waals surface area (Å²) in [5.41, 5.74) is 10.4. The van der Waals surface area contributed by atoms with Crippen LogP contribution in [0.1, 0.15) is 51.9 Å². The van der Waals surface area contributed by atoms with Crippen LogP contribution in [-0.4, -0.2) is 36.9 Å². The van der Waals surface area contributed by atoms with Crippen LogP contribution in [0.25, 0.3) is 0 Å². The van der Waals surface area contributed by atoms with E-state index in [1.165, 1.54) is 0 Å². The van der Waals surface area contributed by atoms with E-state index in [0.29, 0.717) is 19.5 Å². The van der Waals surface area contributed by atoms with E-state index in [1.807, 2.05) is 0 Å². The number of carbonyl (C=O) groups excluding carboxylic acids is 3. The van der Waals surface area contributed by atoms with Crippen molar-refractivity contribution in [3.8, 4) is 0 Å². The lowest BCUT2D eigenvalue weighted by molar-refractivity contribution is -0.131. The first kappa shape index (κ1) is 19.4. The predicted molar refractivity (Wildman–Crippen MR) is 81.2 cm³/mol.